The van der Waals surface area contributed by atoms with Crippen LogP contribution in [0, 0.1) is 0 Å². The van der Waals surface area contributed by atoms with E-state index in [9.17, 15) is 4.79 Å². The quantitative estimate of drug-likeness (QED) is 0.882. The maximum atomic E-state index is 12.4. The Bertz CT molecular complexity index is 672. The molecule has 1 atom stereocenters. The summed E-state index contributed by atoms with van der Waals surface area (Å²) in [6, 6.07) is 8.23. The maximum absolute atomic E-state index is 12.4. The number of nitrogens with one attached hydrogen (secondary N) is 2. The van der Waals surface area contributed by atoms with Gasteiger partial charge in [-0.1, -0.05) is 12.5 Å². The van der Waals surface area contributed by atoms with E-state index in [1.54, 1.807) is 0 Å². The lowest BCUT2D eigenvalue weighted by molar-refractivity contribution is 0.564. The number of anilines is 1. The molecule has 2 aromatic rings. The summed E-state index contributed by atoms with van der Waals surface area (Å²) in [6.07, 6.45) is 4.77. The molecular weight excluding hydrogens is 280 g/mol. The lowest BCUT2D eigenvalue weighted by Crippen LogP contribution is -2.18. The summed E-state index contributed by atoms with van der Waals surface area (Å²) in [5.41, 5.74) is 3.00. The van der Waals surface area contributed by atoms with E-state index in [0.717, 1.165) is 35.0 Å². The van der Waals surface area contributed by atoms with Crippen molar-refractivity contribution in [3.63, 3.8) is 0 Å². The summed E-state index contributed by atoms with van der Waals surface area (Å²) in [5.74, 6) is 2.85. The van der Waals surface area contributed by atoms with Crippen molar-refractivity contribution >= 4 is 28.4 Å². The van der Waals surface area contributed by atoms with Gasteiger partial charge in [-0.15, -0.1) is 0 Å². The molecule has 4 heteroatoms. The Hall–Kier alpha value is -1.42. The van der Waals surface area contributed by atoms with E-state index < -0.39 is 0 Å². The van der Waals surface area contributed by atoms with Crippen LogP contribution in [0.5, 0.6) is 0 Å². The number of hydrogen-bond donors (Lipinski definition) is 2. The normalized spacial score (nSPS) is 20.0. The molecule has 21 heavy (non-hydrogen) atoms. The fourth-order valence-corrected chi connectivity index (χ4v) is 4.12. The van der Waals surface area contributed by atoms with Crippen LogP contribution in [0.3, 0.4) is 0 Å². The van der Waals surface area contributed by atoms with Gasteiger partial charge in [-0.05, 0) is 60.3 Å². The first-order chi connectivity index (χ1) is 10.3. The fourth-order valence-electron chi connectivity index (χ4n) is 3.05. The number of H-pyrrole nitrogens is 1. The number of aromatic amines is 1. The maximum Gasteiger partial charge on any atom is 0.251 e. The Balaban J connectivity index is 1.97. The molecule has 1 aromatic heterocycles. The Morgan fingerprint density at radius 2 is 2.10 bits per heavy atom. The number of thioether (sulfide) groups is 1. The van der Waals surface area contributed by atoms with E-state index >= 15 is 0 Å². The van der Waals surface area contributed by atoms with Gasteiger partial charge in [-0.25, -0.2) is 0 Å². The van der Waals surface area contributed by atoms with Gasteiger partial charge in [0.2, 0.25) is 0 Å². The number of aromatic nitrogens is 1. The Morgan fingerprint density at radius 1 is 1.19 bits per heavy atom. The molecule has 0 amide bonds. The van der Waals surface area contributed by atoms with Crippen LogP contribution in [0.4, 0.5) is 5.69 Å². The first-order valence-corrected chi connectivity index (χ1v) is 8.86. The number of fused-ring (bicyclic) bond motifs is 1. The summed E-state index contributed by atoms with van der Waals surface area (Å²) in [5, 5.41) is 4.23. The van der Waals surface area contributed by atoms with Gasteiger partial charge in [0.1, 0.15) is 0 Å². The molecule has 0 spiro atoms. The van der Waals surface area contributed by atoms with E-state index in [1.807, 2.05) is 24.9 Å². The van der Waals surface area contributed by atoms with E-state index in [4.69, 9.17) is 0 Å². The van der Waals surface area contributed by atoms with Gasteiger partial charge in [0.05, 0.1) is 5.52 Å². The first kappa shape index (κ1) is 14.5. The van der Waals surface area contributed by atoms with E-state index in [0.29, 0.717) is 5.92 Å². The van der Waals surface area contributed by atoms with Crippen molar-refractivity contribution in [2.24, 2.45) is 0 Å². The number of rotatable bonds is 2. The molecule has 1 fully saturated rings. The van der Waals surface area contributed by atoms with Crippen molar-refractivity contribution in [3.8, 4) is 0 Å². The van der Waals surface area contributed by atoms with Gasteiger partial charge in [0, 0.05) is 18.3 Å². The first-order valence-electron chi connectivity index (χ1n) is 7.70. The van der Waals surface area contributed by atoms with Crippen molar-refractivity contribution in [1.82, 2.24) is 4.98 Å². The molecule has 0 radical (unpaired) electrons. The van der Waals surface area contributed by atoms with E-state index in [1.165, 1.54) is 24.3 Å². The van der Waals surface area contributed by atoms with Gasteiger partial charge in [0.25, 0.3) is 5.56 Å². The second-order valence-electron chi connectivity index (χ2n) is 5.70. The second kappa shape index (κ2) is 6.56. The highest BCUT2D eigenvalue weighted by Crippen LogP contribution is 2.29. The lowest BCUT2D eigenvalue weighted by Gasteiger charge is -2.19. The molecule has 0 aliphatic carbocycles. The molecular formula is C17H22N2OS. The zero-order valence-corrected chi connectivity index (χ0v) is 13.3. The Labute approximate surface area is 129 Å². The summed E-state index contributed by atoms with van der Waals surface area (Å²) in [6.45, 7) is 0. The molecule has 1 aliphatic heterocycles. The third kappa shape index (κ3) is 3.26. The van der Waals surface area contributed by atoms with Gasteiger partial charge in [0.15, 0.2) is 0 Å². The minimum absolute atomic E-state index is 0.0892. The predicted molar refractivity (Wildman–Crippen MR) is 92.6 cm³/mol. The molecule has 1 saturated heterocycles. The van der Waals surface area contributed by atoms with Crippen molar-refractivity contribution in [1.29, 1.82) is 0 Å². The smallest absolute Gasteiger partial charge is 0.251 e. The van der Waals surface area contributed by atoms with Crippen LogP contribution in [0.15, 0.2) is 29.1 Å². The molecule has 3 rings (SSSR count). The van der Waals surface area contributed by atoms with Crippen LogP contribution in [0.25, 0.3) is 10.9 Å². The molecule has 1 aromatic carbocycles. The van der Waals surface area contributed by atoms with Gasteiger partial charge in [-0.2, -0.15) is 11.8 Å². The van der Waals surface area contributed by atoms with Crippen LogP contribution in [0.2, 0.25) is 0 Å². The van der Waals surface area contributed by atoms with Crippen molar-refractivity contribution < 1.29 is 0 Å². The van der Waals surface area contributed by atoms with Crippen molar-refractivity contribution in [2.45, 2.75) is 31.6 Å². The summed E-state index contributed by atoms with van der Waals surface area (Å²) >= 11 is 2.02. The highest BCUT2D eigenvalue weighted by Gasteiger charge is 2.17. The number of benzene rings is 1. The van der Waals surface area contributed by atoms with E-state index in [2.05, 4.69) is 28.5 Å². The zero-order valence-electron chi connectivity index (χ0n) is 12.4. The monoisotopic (exact) mass is 302 g/mol. The van der Waals surface area contributed by atoms with E-state index in [-0.39, 0.29) is 5.56 Å². The third-order valence-electron chi connectivity index (χ3n) is 4.31. The minimum atomic E-state index is 0.0892. The zero-order chi connectivity index (χ0) is 14.7. The lowest BCUT2D eigenvalue weighted by atomic mass is 9.91. The molecule has 0 bridgehead atoms. The van der Waals surface area contributed by atoms with Crippen LogP contribution in [0.1, 0.15) is 37.2 Å². The highest BCUT2D eigenvalue weighted by atomic mass is 32.2. The third-order valence-corrected chi connectivity index (χ3v) is 5.41. The summed E-state index contributed by atoms with van der Waals surface area (Å²) < 4.78 is 0. The van der Waals surface area contributed by atoms with Crippen LogP contribution >= 0.6 is 11.8 Å². The SMILES string of the molecule is CNc1ccc2cc(C3CCCCSCC3)c(=O)[nH]c2c1. The van der Waals surface area contributed by atoms with Gasteiger partial charge in [-0.3, -0.25) is 4.79 Å². The van der Waals surface area contributed by atoms with Crippen LogP contribution in [-0.4, -0.2) is 23.5 Å². The predicted octanol–water partition coefficient (Wildman–Crippen LogP) is 3.96. The Kier molecular flexibility index (Phi) is 4.54. The fraction of sp³-hybridized carbons (Fsp3) is 0.471. The summed E-state index contributed by atoms with van der Waals surface area (Å²) in [4.78, 5) is 15.5. The molecule has 3 nitrogen and oxygen atoms in total. The largest absolute Gasteiger partial charge is 0.388 e. The second-order valence-corrected chi connectivity index (χ2v) is 6.92. The summed E-state index contributed by atoms with van der Waals surface area (Å²) in [7, 11) is 1.89. The van der Waals surface area contributed by atoms with Crippen molar-refractivity contribution in [2.75, 3.05) is 23.9 Å². The minimum Gasteiger partial charge on any atom is -0.388 e. The molecule has 2 N–H and O–H groups in total. The molecule has 112 valence electrons. The van der Waals surface area contributed by atoms with Gasteiger partial charge >= 0.3 is 0 Å². The molecule has 1 unspecified atom stereocenters. The van der Waals surface area contributed by atoms with Crippen LogP contribution < -0.4 is 10.9 Å². The van der Waals surface area contributed by atoms with Crippen LogP contribution in [-0.2, 0) is 0 Å². The standard InChI is InChI=1S/C17H22N2OS/c1-18-14-6-5-13-10-15(17(20)19-16(13)11-14)12-4-2-3-8-21-9-7-12/h5-6,10-12,18H,2-4,7-9H2,1H3,(H,19,20). The molecule has 1 aliphatic rings. The number of pyridine rings is 1. The average Bonchev–Trinajstić information content (AvgIpc) is 2.46. The number of hydrogen-bond acceptors (Lipinski definition) is 3. The van der Waals surface area contributed by atoms with Crippen molar-refractivity contribution in [3.05, 3.63) is 40.2 Å². The highest BCUT2D eigenvalue weighted by molar-refractivity contribution is 7.99. The Morgan fingerprint density at radius 3 is 2.95 bits per heavy atom. The average molecular weight is 302 g/mol. The molecule has 2 heterocycles. The molecule has 0 saturated carbocycles. The topological polar surface area (TPSA) is 44.9 Å². The van der Waals surface area contributed by atoms with Gasteiger partial charge < -0.3 is 10.3 Å².